The highest BCUT2D eigenvalue weighted by Crippen LogP contribution is 2.34. The summed E-state index contributed by atoms with van der Waals surface area (Å²) in [5.41, 5.74) is 1.14. The number of hydrogen-bond acceptors (Lipinski definition) is 5. The average molecular weight is 392 g/mol. The molecule has 1 fully saturated rings. The second kappa shape index (κ2) is 7.31. The van der Waals surface area contributed by atoms with E-state index in [4.69, 9.17) is 4.74 Å². The normalized spacial score (nSPS) is 17.9. The van der Waals surface area contributed by atoms with E-state index in [0.29, 0.717) is 17.2 Å². The minimum atomic E-state index is -4.79. The Balaban J connectivity index is 1.66. The summed E-state index contributed by atoms with van der Waals surface area (Å²) in [5, 5.41) is 4.44. The number of likely N-dealkylation sites (N-methyl/N-ethyl adjacent to an activating group) is 1. The molecule has 0 aliphatic carbocycles. The van der Waals surface area contributed by atoms with Gasteiger partial charge in [0.25, 0.3) is 0 Å². The Morgan fingerprint density at radius 1 is 1.18 bits per heavy atom. The highest BCUT2D eigenvalue weighted by molar-refractivity contribution is 5.69. The smallest absolute Gasteiger partial charge is 0.472 e. The molecule has 0 bridgehead atoms. The number of hydrogen-bond donors (Lipinski definition) is 0. The monoisotopic (exact) mass is 392 g/mol. The number of benzene rings is 1. The predicted octanol–water partition coefficient (Wildman–Crippen LogP) is 3.77. The molecular formula is C19H19F3N4O2. The average Bonchev–Trinajstić information content (AvgIpc) is 3.27. The van der Waals surface area contributed by atoms with Crippen LogP contribution in [0, 0.1) is 0 Å². The SMILES string of the molecule is CCN1CCC(Oc2ccc3ncc(-c4ccccc4OC(F)(F)F)n3n2)C1. The van der Waals surface area contributed by atoms with Gasteiger partial charge >= 0.3 is 6.36 Å². The first-order valence-electron chi connectivity index (χ1n) is 9.02. The fourth-order valence-electron chi connectivity index (χ4n) is 3.35. The Labute approximate surface area is 159 Å². The second-order valence-electron chi connectivity index (χ2n) is 6.55. The molecule has 2 aromatic heterocycles. The van der Waals surface area contributed by atoms with Crippen molar-refractivity contribution in [1.82, 2.24) is 19.5 Å². The van der Waals surface area contributed by atoms with Gasteiger partial charge in [0, 0.05) is 24.7 Å². The summed E-state index contributed by atoms with van der Waals surface area (Å²) in [6, 6.07) is 9.37. The van der Waals surface area contributed by atoms with Crippen LogP contribution < -0.4 is 9.47 Å². The minimum absolute atomic E-state index is 0.0396. The van der Waals surface area contributed by atoms with Crippen LogP contribution in [0.15, 0.2) is 42.6 Å². The molecule has 1 aliphatic rings. The summed E-state index contributed by atoms with van der Waals surface area (Å²) in [5.74, 6) is 0.100. The maximum absolute atomic E-state index is 12.7. The zero-order valence-electron chi connectivity index (χ0n) is 15.2. The van der Waals surface area contributed by atoms with Gasteiger partial charge < -0.3 is 9.47 Å². The quantitative estimate of drug-likeness (QED) is 0.662. The van der Waals surface area contributed by atoms with Crippen LogP contribution in [0.25, 0.3) is 16.9 Å². The molecule has 0 amide bonds. The number of alkyl halides is 3. The standard InChI is InChI=1S/C19H19F3N4O2/c1-2-25-10-9-13(12-25)27-18-8-7-17-23-11-15(26(17)24-18)14-5-3-4-6-16(14)28-19(20,21)22/h3-8,11,13H,2,9-10,12H2,1H3. The van der Waals surface area contributed by atoms with Gasteiger partial charge in [-0.15, -0.1) is 18.3 Å². The van der Waals surface area contributed by atoms with Crippen LogP contribution in [0.1, 0.15) is 13.3 Å². The Hall–Kier alpha value is -2.81. The summed E-state index contributed by atoms with van der Waals surface area (Å²) in [4.78, 5) is 6.52. The van der Waals surface area contributed by atoms with Crippen LogP contribution in [-0.2, 0) is 0 Å². The van der Waals surface area contributed by atoms with E-state index in [9.17, 15) is 13.2 Å². The molecular weight excluding hydrogens is 373 g/mol. The highest BCUT2D eigenvalue weighted by Gasteiger charge is 2.32. The van der Waals surface area contributed by atoms with Gasteiger partial charge in [-0.25, -0.2) is 9.50 Å². The molecule has 1 aromatic carbocycles. The van der Waals surface area contributed by atoms with Gasteiger partial charge in [-0.3, -0.25) is 4.90 Å². The highest BCUT2D eigenvalue weighted by atomic mass is 19.4. The van der Waals surface area contributed by atoms with E-state index in [0.717, 1.165) is 26.1 Å². The number of rotatable bonds is 5. The van der Waals surface area contributed by atoms with Crippen LogP contribution >= 0.6 is 0 Å². The van der Waals surface area contributed by atoms with E-state index in [-0.39, 0.29) is 17.4 Å². The molecule has 6 nitrogen and oxygen atoms in total. The Bertz CT molecular complexity index is 973. The first kappa shape index (κ1) is 18.5. The minimum Gasteiger partial charge on any atom is -0.472 e. The second-order valence-corrected chi connectivity index (χ2v) is 6.55. The molecule has 1 atom stereocenters. The lowest BCUT2D eigenvalue weighted by molar-refractivity contribution is -0.274. The number of aromatic nitrogens is 3. The molecule has 148 valence electrons. The van der Waals surface area contributed by atoms with E-state index in [1.54, 1.807) is 18.2 Å². The number of ether oxygens (including phenoxy) is 2. The fraction of sp³-hybridized carbons (Fsp3) is 0.368. The van der Waals surface area contributed by atoms with Gasteiger partial charge in [-0.05, 0) is 31.2 Å². The Kier molecular flexibility index (Phi) is 4.84. The van der Waals surface area contributed by atoms with E-state index in [1.807, 2.05) is 0 Å². The summed E-state index contributed by atoms with van der Waals surface area (Å²) < 4.78 is 49.8. The molecule has 0 radical (unpaired) electrons. The number of likely N-dealkylation sites (tertiary alicyclic amines) is 1. The Morgan fingerprint density at radius 3 is 2.75 bits per heavy atom. The predicted molar refractivity (Wildman–Crippen MR) is 96.3 cm³/mol. The van der Waals surface area contributed by atoms with Crippen LogP contribution in [0.5, 0.6) is 11.6 Å². The van der Waals surface area contributed by atoms with Gasteiger partial charge in [0.1, 0.15) is 11.9 Å². The maximum Gasteiger partial charge on any atom is 0.573 e. The molecule has 4 rings (SSSR count). The number of fused-ring (bicyclic) bond motifs is 1. The van der Waals surface area contributed by atoms with Crippen molar-refractivity contribution in [3.05, 3.63) is 42.6 Å². The zero-order valence-corrected chi connectivity index (χ0v) is 15.2. The zero-order chi connectivity index (χ0) is 19.7. The van der Waals surface area contributed by atoms with Gasteiger partial charge in [-0.2, -0.15) is 0 Å². The van der Waals surface area contributed by atoms with Gasteiger partial charge in [-0.1, -0.05) is 19.1 Å². The molecule has 3 aromatic rings. The maximum atomic E-state index is 12.7. The van der Waals surface area contributed by atoms with E-state index in [1.165, 1.54) is 28.9 Å². The van der Waals surface area contributed by atoms with Crippen molar-refractivity contribution < 1.29 is 22.6 Å². The molecule has 0 spiro atoms. The summed E-state index contributed by atoms with van der Waals surface area (Å²) in [6.07, 6.45) is -2.37. The van der Waals surface area contributed by atoms with Crippen molar-refractivity contribution in [2.75, 3.05) is 19.6 Å². The summed E-state index contributed by atoms with van der Waals surface area (Å²) in [7, 11) is 0. The lowest BCUT2D eigenvalue weighted by Crippen LogP contribution is -2.24. The van der Waals surface area contributed by atoms with Crippen LogP contribution in [0.4, 0.5) is 13.2 Å². The van der Waals surface area contributed by atoms with Gasteiger partial charge in [0.15, 0.2) is 5.65 Å². The van der Waals surface area contributed by atoms with Crippen molar-refractivity contribution in [2.24, 2.45) is 0 Å². The Morgan fingerprint density at radius 2 is 2.00 bits per heavy atom. The van der Waals surface area contributed by atoms with Crippen LogP contribution in [0.3, 0.4) is 0 Å². The molecule has 1 saturated heterocycles. The molecule has 1 aliphatic heterocycles. The fourth-order valence-corrected chi connectivity index (χ4v) is 3.35. The van der Waals surface area contributed by atoms with E-state index in [2.05, 4.69) is 26.6 Å². The molecule has 3 heterocycles. The summed E-state index contributed by atoms with van der Waals surface area (Å²) >= 11 is 0. The molecule has 0 saturated carbocycles. The molecule has 9 heteroatoms. The first-order valence-corrected chi connectivity index (χ1v) is 9.02. The number of halogens is 3. The van der Waals surface area contributed by atoms with Crippen LogP contribution in [0.2, 0.25) is 0 Å². The topological polar surface area (TPSA) is 51.9 Å². The van der Waals surface area contributed by atoms with E-state index >= 15 is 0 Å². The molecule has 1 unspecified atom stereocenters. The van der Waals surface area contributed by atoms with Crippen LogP contribution in [-0.4, -0.2) is 51.6 Å². The van der Waals surface area contributed by atoms with Crippen molar-refractivity contribution >= 4 is 5.65 Å². The molecule has 28 heavy (non-hydrogen) atoms. The third-order valence-electron chi connectivity index (χ3n) is 4.69. The molecule has 0 N–H and O–H groups in total. The lowest BCUT2D eigenvalue weighted by Gasteiger charge is -2.15. The third-order valence-corrected chi connectivity index (χ3v) is 4.69. The summed E-state index contributed by atoms with van der Waals surface area (Å²) in [6.45, 7) is 4.87. The number of imidazole rings is 1. The largest absolute Gasteiger partial charge is 0.573 e. The van der Waals surface area contributed by atoms with Gasteiger partial charge in [0.2, 0.25) is 5.88 Å². The van der Waals surface area contributed by atoms with Crippen molar-refractivity contribution in [3.63, 3.8) is 0 Å². The number of nitrogens with zero attached hydrogens (tertiary/aromatic N) is 4. The third kappa shape index (κ3) is 3.89. The van der Waals surface area contributed by atoms with Crippen molar-refractivity contribution in [2.45, 2.75) is 25.8 Å². The van der Waals surface area contributed by atoms with Gasteiger partial charge in [0.05, 0.1) is 11.9 Å². The first-order chi connectivity index (χ1) is 13.4. The van der Waals surface area contributed by atoms with E-state index < -0.39 is 6.36 Å². The van der Waals surface area contributed by atoms with Crippen molar-refractivity contribution in [1.29, 1.82) is 0 Å². The number of para-hydroxylation sites is 1. The van der Waals surface area contributed by atoms with Crippen molar-refractivity contribution in [3.8, 4) is 22.9 Å². The lowest BCUT2D eigenvalue weighted by atomic mass is 10.1.